The summed E-state index contributed by atoms with van der Waals surface area (Å²) in [5.41, 5.74) is 0. The van der Waals surface area contributed by atoms with E-state index >= 15 is 0 Å². The summed E-state index contributed by atoms with van der Waals surface area (Å²) in [4.78, 5) is 0. The van der Waals surface area contributed by atoms with Crippen molar-refractivity contribution in [2.45, 2.75) is 46.6 Å². The Morgan fingerprint density at radius 2 is 1.81 bits per heavy atom. The van der Waals surface area contributed by atoms with Gasteiger partial charge in [-0.3, -0.25) is 0 Å². The molecule has 0 saturated carbocycles. The third-order valence-corrected chi connectivity index (χ3v) is 3.68. The molecule has 0 radical (unpaired) electrons. The van der Waals surface area contributed by atoms with Crippen molar-refractivity contribution in [2.24, 2.45) is 11.8 Å². The van der Waals surface area contributed by atoms with Crippen molar-refractivity contribution < 1.29 is 13.2 Å². The van der Waals surface area contributed by atoms with Crippen molar-refractivity contribution in [1.82, 2.24) is 0 Å². The van der Waals surface area contributed by atoms with Crippen LogP contribution in [0.15, 0.2) is 0 Å². The van der Waals surface area contributed by atoms with E-state index in [-0.39, 0.29) is 17.8 Å². The molecule has 3 nitrogen and oxygen atoms in total. The Kier molecular flexibility index (Phi) is 7.61. The summed E-state index contributed by atoms with van der Waals surface area (Å²) in [5, 5.41) is 0. The van der Waals surface area contributed by atoms with E-state index in [0.29, 0.717) is 12.5 Å². The minimum absolute atomic E-state index is 0.000542. The molecule has 0 N–H and O–H groups in total. The molecule has 0 aromatic heterocycles. The Morgan fingerprint density at radius 3 is 2.19 bits per heavy atom. The molecule has 5 heteroatoms. The van der Waals surface area contributed by atoms with Crippen LogP contribution in [0.3, 0.4) is 0 Å². The monoisotopic (exact) mass is 270 g/mol. The van der Waals surface area contributed by atoms with Crippen LogP contribution in [0.25, 0.3) is 0 Å². The number of ether oxygens (including phenoxy) is 1. The van der Waals surface area contributed by atoms with Crippen LogP contribution in [0.2, 0.25) is 0 Å². The molecule has 2 atom stereocenters. The lowest BCUT2D eigenvalue weighted by Crippen LogP contribution is -2.21. The van der Waals surface area contributed by atoms with Gasteiger partial charge in [-0.2, -0.15) is 0 Å². The van der Waals surface area contributed by atoms with Crippen LogP contribution in [-0.2, 0) is 13.8 Å². The molecule has 0 aromatic rings. The summed E-state index contributed by atoms with van der Waals surface area (Å²) in [7, 11) is 1.81. The summed E-state index contributed by atoms with van der Waals surface area (Å²) in [6.07, 6.45) is 1.93. The lowest BCUT2D eigenvalue weighted by molar-refractivity contribution is 0.0318. The highest BCUT2D eigenvalue weighted by molar-refractivity contribution is 8.13. The van der Waals surface area contributed by atoms with E-state index in [1.165, 1.54) is 0 Å². The summed E-state index contributed by atoms with van der Waals surface area (Å²) >= 11 is 0. The van der Waals surface area contributed by atoms with E-state index in [0.717, 1.165) is 12.8 Å². The largest absolute Gasteiger partial charge is 0.378 e. The van der Waals surface area contributed by atoms with E-state index in [2.05, 4.69) is 13.8 Å². The third kappa shape index (κ3) is 9.43. The van der Waals surface area contributed by atoms with Gasteiger partial charge in [-0.05, 0) is 25.2 Å². The topological polar surface area (TPSA) is 43.4 Å². The van der Waals surface area contributed by atoms with Gasteiger partial charge in [0.1, 0.15) is 0 Å². The second-order valence-corrected chi connectivity index (χ2v) is 7.57. The Balaban J connectivity index is 3.96. The molecule has 0 bridgehead atoms. The van der Waals surface area contributed by atoms with E-state index in [9.17, 15) is 8.42 Å². The minimum atomic E-state index is -3.41. The number of hydrogen-bond donors (Lipinski definition) is 0. The van der Waals surface area contributed by atoms with Gasteiger partial charge in [-0.1, -0.05) is 27.2 Å². The highest BCUT2D eigenvalue weighted by Gasteiger charge is 2.17. The van der Waals surface area contributed by atoms with Gasteiger partial charge in [0.25, 0.3) is 0 Å². The smallest absolute Gasteiger partial charge is 0.232 e. The van der Waals surface area contributed by atoms with Crippen LogP contribution in [-0.4, -0.2) is 26.9 Å². The third-order valence-electron chi connectivity index (χ3n) is 2.43. The summed E-state index contributed by atoms with van der Waals surface area (Å²) in [6.45, 7) is 8.71. The zero-order valence-corrected chi connectivity index (χ0v) is 12.1. The maximum Gasteiger partial charge on any atom is 0.232 e. The molecule has 0 rings (SSSR count). The zero-order chi connectivity index (χ0) is 12.8. The van der Waals surface area contributed by atoms with Crippen LogP contribution in [0.5, 0.6) is 0 Å². The lowest BCUT2D eigenvalue weighted by Gasteiger charge is -2.19. The van der Waals surface area contributed by atoms with E-state index in [4.69, 9.17) is 15.4 Å². The molecule has 0 heterocycles. The standard InChI is InChI=1S/C11H23ClO3S/c1-5-11(8-16(12,13)14)7-15-10(4)6-9(2)3/h9-11H,5-8H2,1-4H3. The SMILES string of the molecule is CCC(COC(C)CC(C)C)CS(=O)(=O)Cl. The molecule has 0 amide bonds. The molecule has 16 heavy (non-hydrogen) atoms. The fraction of sp³-hybridized carbons (Fsp3) is 1.00. The first kappa shape index (κ1) is 16.2. The average Bonchev–Trinajstić information content (AvgIpc) is 2.09. The minimum Gasteiger partial charge on any atom is -0.378 e. The molecule has 0 spiro atoms. The normalized spacial score (nSPS) is 16.4. The molecular formula is C11H23ClO3S. The predicted octanol–water partition coefficient (Wildman–Crippen LogP) is 3.03. The van der Waals surface area contributed by atoms with Crippen molar-refractivity contribution in [3.63, 3.8) is 0 Å². The van der Waals surface area contributed by atoms with Gasteiger partial charge in [0.05, 0.1) is 18.5 Å². The van der Waals surface area contributed by atoms with E-state index in [1.807, 2.05) is 13.8 Å². The molecule has 0 fully saturated rings. The molecule has 0 aromatic carbocycles. The number of rotatable bonds is 8. The second kappa shape index (κ2) is 7.51. The first-order valence-corrected chi connectivity index (χ1v) is 8.26. The lowest BCUT2D eigenvalue weighted by atomic mass is 10.1. The Morgan fingerprint density at radius 1 is 1.25 bits per heavy atom. The molecule has 2 unspecified atom stereocenters. The van der Waals surface area contributed by atoms with Gasteiger partial charge >= 0.3 is 0 Å². The van der Waals surface area contributed by atoms with Crippen LogP contribution >= 0.6 is 10.7 Å². The van der Waals surface area contributed by atoms with Crippen molar-refractivity contribution in [2.75, 3.05) is 12.4 Å². The van der Waals surface area contributed by atoms with Gasteiger partial charge in [0.15, 0.2) is 0 Å². The molecule has 0 saturated heterocycles. The van der Waals surface area contributed by atoms with Gasteiger partial charge in [0.2, 0.25) is 9.05 Å². The first-order valence-electron chi connectivity index (χ1n) is 5.78. The quantitative estimate of drug-likeness (QED) is 0.637. The van der Waals surface area contributed by atoms with Crippen LogP contribution in [0.1, 0.15) is 40.5 Å². The zero-order valence-electron chi connectivity index (χ0n) is 10.6. The summed E-state index contributed by atoms with van der Waals surface area (Å²) < 4.78 is 27.5. The predicted molar refractivity (Wildman–Crippen MR) is 68.3 cm³/mol. The van der Waals surface area contributed by atoms with Crippen molar-refractivity contribution in [1.29, 1.82) is 0 Å². The highest BCUT2D eigenvalue weighted by Crippen LogP contribution is 2.14. The highest BCUT2D eigenvalue weighted by atomic mass is 35.7. The molecule has 98 valence electrons. The first-order chi connectivity index (χ1) is 7.24. The van der Waals surface area contributed by atoms with Crippen LogP contribution in [0, 0.1) is 11.8 Å². The van der Waals surface area contributed by atoms with Crippen molar-refractivity contribution in [3.05, 3.63) is 0 Å². The van der Waals surface area contributed by atoms with Crippen LogP contribution < -0.4 is 0 Å². The Bertz CT molecular complexity index is 275. The maximum atomic E-state index is 10.9. The summed E-state index contributed by atoms with van der Waals surface area (Å²) in [6, 6.07) is 0. The van der Waals surface area contributed by atoms with Crippen LogP contribution in [0.4, 0.5) is 0 Å². The van der Waals surface area contributed by atoms with Crippen molar-refractivity contribution in [3.8, 4) is 0 Å². The Hall–Kier alpha value is 0.200. The molecule has 0 aliphatic heterocycles. The number of halogens is 1. The summed E-state index contributed by atoms with van der Waals surface area (Å²) in [5.74, 6) is 0.586. The van der Waals surface area contributed by atoms with Gasteiger partial charge in [-0.25, -0.2) is 8.42 Å². The fourth-order valence-corrected chi connectivity index (χ4v) is 3.03. The van der Waals surface area contributed by atoms with Crippen molar-refractivity contribution >= 4 is 19.7 Å². The maximum absolute atomic E-state index is 10.9. The molecule has 0 aliphatic rings. The van der Waals surface area contributed by atoms with E-state index in [1.54, 1.807) is 0 Å². The van der Waals surface area contributed by atoms with Gasteiger partial charge in [-0.15, -0.1) is 0 Å². The molecular weight excluding hydrogens is 248 g/mol. The fourth-order valence-electron chi connectivity index (χ4n) is 1.60. The molecule has 0 aliphatic carbocycles. The van der Waals surface area contributed by atoms with Gasteiger partial charge in [0, 0.05) is 10.7 Å². The number of hydrogen-bond acceptors (Lipinski definition) is 3. The van der Waals surface area contributed by atoms with Gasteiger partial charge < -0.3 is 4.74 Å². The average molecular weight is 271 g/mol. The van der Waals surface area contributed by atoms with E-state index < -0.39 is 9.05 Å². The Labute approximate surface area is 104 Å². The second-order valence-electron chi connectivity index (χ2n) is 4.75.